The highest BCUT2D eigenvalue weighted by molar-refractivity contribution is 5.80. The van der Waals surface area contributed by atoms with Gasteiger partial charge in [0, 0.05) is 31.3 Å². The van der Waals surface area contributed by atoms with Gasteiger partial charge in [-0.2, -0.15) is 0 Å². The molecule has 1 rings (SSSR count). The van der Waals surface area contributed by atoms with E-state index in [1.807, 2.05) is 19.9 Å². The van der Waals surface area contributed by atoms with Gasteiger partial charge in [0.1, 0.15) is 17.5 Å². The predicted molar refractivity (Wildman–Crippen MR) is 76.6 cm³/mol. The van der Waals surface area contributed by atoms with Crippen LogP contribution in [0.25, 0.3) is 0 Å². The number of hydrogen-bond donors (Lipinski definition) is 2. The molecule has 0 aliphatic heterocycles. The lowest BCUT2D eigenvalue weighted by Gasteiger charge is -2.25. The highest BCUT2D eigenvalue weighted by Gasteiger charge is 2.12. The fraction of sp³-hybridized carbons (Fsp3) is 0.615. The minimum absolute atomic E-state index is 0.233. The number of hydrogen-bond acceptors (Lipinski definition) is 5. The molecule has 0 aliphatic carbocycles. The van der Waals surface area contributed by atoms with E-state index in [1.54, 1.807) is 0 Å². The standard InChI is InChI=1S/C13H23N5O/c1-9(2)8-18(6-5-12(14)17-19)13-7-10(3)15-11(4)16-13/h7,9,19H,5-6,8H2,1-4H3,(H2,14,17). The monoisotopic (exact) mass is 265 g/mol. The molecule has 0 fully saturated rings. The lowest BCUT2D eigenvalue weighted by molar-refractivity contribution is 0.317. The first-order valence-corrected chi connectivity index (χ1v) is 6.46. The molecule has 1 aromatic heterocycles. The Labute approximate surface area is 114 Å². The summed E-state index contributed by atoms with van der Waals surface area (Å²) in [7, 11) is 0. The molecular formula is C13H23N5O. The molecule has 0 unspecified atom stereocenters. The highest BCUT2D eigenvalue weighted by Crippen LogP contribution is 2.14. The Bertz CT molecular complexity index is 424. The van der Waals surface area contributed by atoms with Crippen LogP contribution in [0.1, 0.15) is 31.8 Å². The molecule has 1 heterocycles. The third-order valence-electron chi connectivity index (χ3n) is 2.63. The smallest absolute Gasteiger partial charge is 0.140 e. The fourth-order valence-corrected chi connectivity index (χ4v) is 1.90. The first-order chi connectivity index (χ1) is 8.92. The number of rotatable bonds is 6. The Morgan fingerprint density at radius 2 is 2.11 bits per heavy atom. The van der Waals surface area contributed by atoms with Crippen LogP contribution in [0.3, 0.4) is 0 Å². The molecule has 106 valence electrons. The molecule has 0 aromatic carbocycles. The van der Waals surface area contributed by atoms with Gasteiger partial charge in [0.05, 0.1) is 0 Å². The molecule has 6 heteroatoms. The van der Waals surface area contributed by atoms with Gasteiger partial charge in [0.15, 0.2) is 0 Å². The van der Waals surface area contributed by atoms with E-state index in [4.69, 9.17) is 10.9 Å². The summed E-state index contributed by atoms with van der Waals surface area (Å²) in [5.74, 6) is 2.39. The van der Waals surface area contributed by atoms with Crippen molar-refractivity contribution >= 4 is 11.7 Å². The maximum atomic E-state index is 8.61. The van der Waals surface area contributed by atoms with Crippen LogP contribution >= 0.6 is 0 Å². The van der Waals surface area contributed by atoms with Gasteiger partial charge in [-0.3, -0.25) is 0 Å². The van der Waals surface area contributed by atoms with Crippen molar-refractivity contribution in [2.24, 2.45) is 16.8 Å². The van der Waals surface area contributed by atoms with Crippen LogP contribution in [0.15, 0.2) is 11.2 Å². The average Bonchev–Trinajstić information content (AvgIpc) is 2.32. The van der Waals surface area contributed by atoms with Gasteiger partial charge in [-0.05, 0) is 19.8 Å². The molecule has 0 atom stereocenters. The van der Waals surface area contributed by atoms with E-state index >= 15 is 0 Å². The topological polar surface area (TPSA) is 87.6 Å². The van der Waals surface area contributed by atoms with Gasteiger partial charge < -0.3 is 15.8 Å². The zero-order chi connectivity index (χ0) is 14.4. The summed E-state index contributed by atoms with van der Waals surface area (Å²) < 4.78 is 0. The summed E-state index contributed by atoms with van der Waals surface area (Å²) in [6.45, 7) is 9.68. The van der Waals surface area contributed by atoms with Crippen LogP contribution in [0.5, 0.6) is 0 Å². The Morgan fingerprint density at radius 1 is 1.42 bits per heavy atom. The van der Waals surface area contributed by atoms with E-state index in [1.165, 1.54) is 0 Å². The SMILES string of the molecule is Cc1cc(N(CCC(N)=NO)CC(C)C)nc(C)n1. The Kier molecular flexibility index (Phi) is 5.54. The van der Waals surface area contributed by atoms with Gasteiger partial charge in [0.25, 0.3) is 0 Å². The minimum Gasteiger partial charge on any atom is -0.409 e. The van der Waals surface area contributed by atoms with Crippen LogP contribution in [0.4, 0.5) is 5.82 Å². The van der Waals surface area contributed by atoms with Crippen LogP contribution in [0, 0.1) is 19.8 Å². The van der Waals surface area contributed by atoms with Gasteiger partial charge in [-0.15, -0.1) is 0 Å². The van der Waals surface area contributed by atoms with Crippen molar-refractivity contribution in [2.75, 3.05) is 18.0 Å². The first-order valence-electron chi connectivity index (χ1n) is 6.46. The summed E-state index contributed by atoms with van der Waals surface area (Å²) in [6, 6.07) is 1.96. The van der Waals surface area contributed by atoms with Crippen molar-refractivity contribution in [3.05, 3.63) is 17.6 Å². The van der Waals surface area contributed by atoms with Crippen LogP contribution in [-0.2, 0) is 0 Å². The van der Waals surface area contributed by atoms with Crippen molar-refractivity contribution in [1.29, 1.82) is 0 Å². The summed E-state index contributed by atoms with van der Waals surface area (Å²) in [5.41, 5.74) is 6.48. The van der Waals surface area contributed by atoms with Crippen molar-refractivity contribution in [2.45, 2.75) is 34.1 Å². The Morgan fingerprint density at radius 3 is 2.63 bits per heavy atom. The molecule has 1 aromatic rings. The average molecular weight is 265 g/mol. The molecule has 0 aliphatic rings. The van der Waals surface area contributed by atoms with Crippen molar-refractivity contribution in [3.63, 3.8) is 0 Å². The second-order valence-corrected chi connectivity index (χ2v) is 5.10. The largest absolute Gasteiger partial charge is 0.409 e. The Balaban J connectivity index is 2.88. The van der Waals surface area contributed by atoms with Crippen LogP contribution in [0.2, 0.25) is 0 Å². The summed E-state index contributed by atoms with van der Waals surface area (Å²) in [6.07, 6.45) is 0.505. The van der Waals surface area contributed by atoms with E-state index in [-0.39, 0.29) is 5.84 Å². The summed E-state index contributed by atoms with van der Waals surface area (Å²) in [5, 5.41) is 11.6. The minimum atomic E-state index is 0.233. The maximum absolute atomic E-state index is 8.61. The molecule has 6 nitrogen and oxygen atoms in total. The summed E-state index contributed by atoms with van der Waals surface area (Å²) in [4.78, 5) is 10.9. The van der Waals surface area contributed by atoms with Crippen LogP contribution in [-0.4, -0.2) is 34.1 Å². The number of nitrogens with zero attached hydrogens (tertiary/aromatic N) is 4. The lowest BCUT2D eigenvalue weighted by Crippen LogP contribution is -2.32. The van der Waals surface area contributed by atoms with Crippen molar-refractivity contribution in [3.8, 4) is 0 Å². The number of nitrogens with two attached hydrogens (primary N) is 1. The quantitative estimate of drug-likeness (QED) is 0.354. The molecule has 0 bridgehead atoms. The van der Waals surface area contributed by atoms with E-state index in [0.717, 1.165) is 23.9 Å². The van der Waals surface area contributed by atoms with Crippen molar-refractivity contribution < 1.29 is 5.21 Å². The van der Waals surface area contributed by atoms with Crippen LogP contribution < -0.4 is 10.6 Å². The Hall–Kier alpha value is -1.85. The number of anilines is 1. The second kappa shape index (κ2) is 6.92. The number of oxime groups is 1. The third-order valence-corrected chi connectivity index (χ3v) is 2.63. The fourth-order valence-electron chi connectivity index (χ4n) is 1.90. The number of amidine groups is 1. The molecule has 19 heavy (non-hydrogen) atoms. The molecular weight excluding hydrogens is 242 g/mol. The molecule has 0 saturated carbocycles. The third kappa shape index (κ3) is 5.11. The summed E-state index contributed by atoms with van der Waals surface area (Å²) >= 11 is 0. The molecule has 0 spiro atoms. The molecule has 0 amide bonds. The maximum Gasteiger partial charge on any atom is 0.140 e. The van der Waals surface area contributed by atoms with Gasteiger partial charge in [-0.25, -0.2) is 9.97 Å². The normalized spacial score (nSPS) is 11.9. The second-order valence-electron chi connectivity index (χ2n) is 5.10. The van der Waals surface area contributed by atoms with Gasteiger partial charge in [0.2, 0.25) is 0 Å². The molecule has 0 radical (unpaired) electrons. The van der Waals surface area contributed by atoms with Gasteiger partial charge >= 0.3 is 0 Å². The van der Waals surface area contributed by atoms with E-state index in [9.17, 15) is 0 Å². The lowest BCUT2D eigenvalue weighted by atomic mass is 10.2. The van der Waals surface area contributed by atoms with E-state index < -0.39 is 0 Å². The van der Waals surface area contributed by atoms with Gasteiger partial charge in [-0.1, -0.05) is 19.0 Å². The first kappa shape index (κ1) is 15.2. The highest BCUT2D eigenvalue weighted by atomic mass is 16.4. The van der Waals surface area contributed by atoms with E-state index in [0.29, 0.717) is 18.9 Å². The van der Waals surface area contributed by atoms with Crippen molar-refractivity contribution in [1.82, 2.24) is 9.97 Å². The zero-order valence-electron chi connectivity index (χ0n) is 12.1. The predicted octanol–water partition coefficient (Wildman–Crippen LogP) is 1.69. The van der Waals surface area contributed by atoms with E-state index in [2.05, 4.69) is 33.9 Å². The number of aryl methyl sites for hydroxylation is 2. The number of aromatic nitrogens is 2. The zero-order valence-corrected chi connectivity index (χ0v) is 12.1. The molecule has 3 N–H and O–H groups in total. The molecule has 0 saturated heterocycles.